The van der Waals surface area contributed by atoms with Crippen LogP contribution in [0.3, 0.4) is 0 Å². The first-order valence-corrected chi connectivity index (χ1v) is 6.61. The lowest BCUT2D eigenvalue weighted by atomic mass is 9.99. The summed E-state index contributed by atoms with van der Waals surface area (Å²) in [4.78, 5) is 0. The van der Waals surface area contributed by atoms with Gasteiger partial charge < -0.3 is 4.48 Å². The molecule has 0 heterocycles. The Morgan fingerprint density at radius 1 is 1.18 bits per heavy atom. The molecule has 0 atom stereocenters. The molecule has 0 fully saturated rings. The van der Waals surface area contributed by atoms with Crippen LogP contribution in [0.2, 0.25) is 0 Å². The summed E-state index contributed by atoms with van der Waals surface area (Å²) in [5.41, 5.74) is 0. The lowest BCUT2D eigenvalue weighted by Gasteiger charge is -2.25. The fraction of sp³-hybridized carbons (Fsp3) is 0.636. The van der Waals surface area contributed by atoms with Crippen molar-refractivity contribution in [2.24, 2.45) is 5.92 Å². The van der Waals surface area contributed by atoms with Crippen LogP contribution in [-0.4, -0.2) is 36.8 Å². The molecular weight excluding hydrogens is 246 g/mol. The second-order valence-corrected chi connectivity index (χ2v) is 5.75. The first-order valence-electron chi connectivity index (χ1n) is 5.35. The topological polar surface area (TPSA) is 89.4 Å². The van der Waals surface area contributed by atoms with Crippen LogP contribution in [-0.2, 0) is 0 Å². The highest BCUT2D eigenvalue weighted by Gasteiger charge is 2.10. The number of hydrogen-bond acceptors (Lipinski definition) is 4. The molecule has 0 aromatic carbocycles. The highest BCUT2D eigenvalue weighted by atomic mass is 35.7. The highest BCUT2D eigenvalue weighted by molar-refractivity contribution is 5.08. The fourth-order valence-corrected chi connectivity index (χ4v) is 1.38. The molecule has 1 aliphatic carbocycles. The van der Waals surface area contributed by atoms with E-state index in [9.17, 15) is 0 Å². The van der Waals surface area contributed by atoms with Crippen molar-refractivity contribution in [1.29, 1.82) is 0 Å². The maximum Gasteiger partial charge on any atom is 0.0789 e. The summed E-state index contributed by atoms with van der Waals surface area (Å²) in [5, 5.41) is 0. The number of quaternary nitrogens is 1. The van der Waals surface area contributed by atoms with Crippen LogP contribution in [0.25, 0.3) is 0 Å². The van der Waals surface area contributed by atoms with Crippen LogP contribution in [0.1, 0.15) is 12.8 Å². The van der Waals surface area contributed by atoms with Gasteiger partial charge in [-0.05, 0) is 6.42 Å². The predicted octanol–water partition coefficient (Wildman–Crippen LogP) is -1.91. The molecule has 0 amide bonds. The van der Waals surface area contributed by atoms with Crippen molar-refractivity contribution >= 4 is 0 Å². The minimum Gasteiger partial charge on any atom is -0.331 e. The molecule has 0 unspecified atom stereocenters. The van der Waals surface area contributed by atoms with E-state index in [1.54, 1.807) is 0 Å². The summed E-state index contributed by atoms with van der Waals surface area (Å²) >= 11 is 0. The van der Waals surface area contributed by atoms with Gasteiger partial charge in [-0.1, -0.05) is 24.3 Å². The zero-order chi connectivity index (χ0) is 13.5. The van der Waals surface area contributed by atoms with Crippen LogP contribution in [0, 0.1) is 16.2 Å². The Morgan fingerprint density at radius 2 is 1.59 bits per heavy atom. The van der Waals surface area contributed by atoms with E-state index >= 15 is 0 Å². The lowest BCUT2D eigenvalue weighted by Crippen LogP contribution is -2.58. The molecule has 17 heavy (non-hydrogen) atoms. The van der Waals surface area contributed by atoms with Gasteiger partial charge in [-0.2, -0.15) is 14.0 Å². The Hall–Kier alpha value is -0.430. The number of nitrogens with zero attached hydrogens (tertiary/aromatic N) is 1. The molecule has 0 saturated carbocycles. The molecule has 5 nitrogen and oxygen atoms in total. The van der Waals surface area contributed by atoms with Gasteiger partial charge in [0, 0.05) is 12.3 Å². The second kappa shape index (κ2) is 7.10. The molecular formula is C11H21ClNO4+. The van der Waals surface area contributed by atoms with Gasteiger partial charge in [0.25, 0.3) is 0 Å². The molecule has 0 aromatic heterocycles. The second-order valence-electron chi connectivity index (χ2n) is 4.95. The molecule has 1 aliphatic rings. The molecule has 0 aliphatic heterocycles. The number of rotatable bonds is 3. The molecule has 6 heteroatoms. The van der Waals surface area contributed by atoms with E-state index in [-0.39, 0.29) is 0 Å². The van der Waals surface area contributed by atoms with Crippen molar-refractivity contribution < 1.29 is 33.4 Å². The Bertz CT molecular complexity index is 248. The van der Waals surface area contributed by atoms with Crippen LogP contribution in [0.15, 0.2) is 24.3 Å². The largest absolute Gasteiger partial charge is 0.331 e. The smallest absolute Gasteiger partial charge is 0.0789 e. The van der Waals surface area contributed by atoms with Crippen molar-refractivity contribution in [1.82, 2.24) is 0 Å². The van der Waals surface area contributed by atoms with Crippen molar-refractivity contribution in [3.8, 4) is 0 Å². The first-order chi connectivity index (χ1) is 7.58. The molecule has 100 valence electrons. The summed E-state index contributed by atoms with van der Waals surface area (Å²) in [6.45, 7) is 1.25. The van der Waals surface area contributed by atoms with Crippen molar-refractivity contribution in [2.75, 3.05) is 27.7 Å². The van der Waals surface area contributed by atoms with Crippen LogP contribution >= 0.6 is 0 Å². The standard InChI is InChI=1S/C11H20N.ClHO4/c1-12(2,3)10-9-11-7-5-4-6-8-11;2-1(3,4)5/h5-8,11H,4,9-10H2,1-3H3;(H,2,3,4,5)/q+1;. The van der Waals surface area contributed by atoms with E-state index in [0.717, 1.165) is 10.9 Å². The van der Waals surface area contributed by atoms with E-state index in [4.69, 9.17) is 18.6 Å². The van der Waals surface area contributed by atoms with Crippen molar-refractivity contribution in [2.45, 2.75) is 12.8 Å². The SMILES string of the molecule is C[N+](C)(C)CCC1C=CCC=C1.[O-][Cl+3]([O-])([O-])O. The molecule has 0 radical (unpaired) electrons. The summed E-state index contributed by atoms with van der Waals surface area (Å²) < 4.78 is 33.8. The normalized spacial score (nSPS) is 16.6. The molecule has 0 spiro atoms. The fourth-order valence-electron chi connectivity index (χ4n) is 1.38. The van der Waals surface area contributed by atoms with Gasteiger partial charge in [0.15, 0.2) is 0 Å². The summed E-state index contributed by atoms with van der Waals surface area (Å²) in [6.07, 6.45) is 11.6. The maximum atomic E-state index is 8.60. The molecule has 0 saturated heterocycles. The van der Waals surface area contributed by atoms with Gasteiger partial charge in [-0.25, -0.2) is 0 Å². The number of halogens is 1. The van der Waals surface area contributed by atoms with Crippen molar-refractivity contribution in [3.05, 3.63) is 24.3 Å². The molecule has 1 rings (SSSR count). The van der Waals surface area contributed by atoms with E-state index in [2.05, 4.69) is 45.4 Å². The quantitative estimate of drug-likeness (QED) is 0.477. The maximum absolute atomic E-state index is 8.60. The molecule has 0 aromatic rings. The van der Waals surface area contributed by atoms with E-state index < -0.39 is 10.2 Å². The number of hydrogen-bond donors (Lipinski definition) is 1. The third kappa shape index (κ3) is 15.6. The van der Waals surface area contributed by atoms with Gasteiger partial charge in [0.05, 0.1) is 42.6 Å². The Morgan fingerprint density at radius 3 is 1.94 bits per heavy atom. The van der Waals surface area contributed by atoms with Gasteiger partial charge in [0.2, 0.25) is 0 Å². The Kier molecular flexibility index (Phi) is 6.92. The van der Waals surface area contributed by atoms with E-state index in [0.29, 0.717) is 5.92 Å². The van der Waals surface area contributed by atoms with Gasteiger partial charge in [-0.3, -0.25) is 0 Å². The molecule has 1 N–H and O–H groups in total. The summed E-state index contributed by atoms with van der Waals surface area (Å²) in [6, 6.07) is 0. The third-order valence-electron chi connectivity index (χ3n) is 2.17. The van der Waals surface area contributed by atoms with Crippen LogP contribution in [0.5, 0.6) is 0 Å². The average Bonchev–Trinajstić information content (AvgIpc) is 2.13. The van der Waals surface area contributed by atoms with Gasteiger partial charge >= 0.3 is 0 Å². The van der Waals surface area contributed by atoms with Crippen LogP contribution < -0.4 is 14.0 Å². The lowest BCUT2D eigenvalue weighted by molar-refractivity contribution is -1.92. The zero-order valence-corrected chi connectivity index (χ0v) is 11.3. The Labute approximate surface area is 105 Å². The van der Waals surface area contributed by atoms with E-state index in [1.165, 1.54) is 13.0 Å². The predicted molar refractivity (Wildman–Crippen MR) is 56.1 cm³/mol. The third-order valence-corrected chi connectivity index (χ3v) is 2.17. The first kappa shape index (κ1) is 16.6. The van der Waals surface area contributed by atoms with Gasteiger partial charge in [-0.15, -0.1) is 0 Å². The molecule has 0 bridgehead atoms. The average molecular weight is 267 g/mol. The highest BCUT2D eigenvalue weighted by Crippen LogP contribution is 2.14. The zero-order valence-electron chi connectivity index (χ0n) is 10.5. The minimum atomic E-state index is -4.69. The van der Waals surface area contributed by atoms with Crippen molar-refractivity contribution in [3.63, 3.8) is 0 Å². The summed E-state index contributed by atoms with van der Waals surface area (Å²) in [5.74, 6) is 0.691. The van der Waals surface area contributed by atoms with E-state index in [1.807, 2.05) is 0 Å². The monoisotopic (exact) mass is 266 g/mol. The van der Waals surface area contributed by atoms with Gasteiger partial charge in [0.1, 0.15) is 0 Å². The Balaban J connectivity index is 0.000000437. The summed E-state index contributed by atoms with van der Waals surface area (Å²) in [7, 11) is 2.04. The minimum absolute atomic E-state index is 0.691. The van der Waals surface area contributed by atoms with Crippen LogP contribution in [0.4, 0.5) is 0 Å². The number of allylic oxidation sites excluding steroid dienone is 4.